The maximum atomic E-state index is 13.0. The average molecular weight is 388 g/mol. The van der Waals surface area contributed by atoms with Crippen molar-refractivity contribution in [3.8, 4) is 0 Å². The third-order valence-electron chi connectivity index (χ3n) is 5.07. The molecular formula is C24H21FN2O2. The van der Waals surface area contributed by atoms with E-state index in [1.807, 2.05) is 43.3 Å². The van der Waals surface area contributed by atoms with Crippen LogP contribution >= 0.6 is 0 Å². The molecule has 4 nitrogen and oxygen atoms in total. The zero-order valence-corrected chi connectivity index (χ0v) is 16.1. The molecule has 0 aliphatic carbocycles. The molecule has 0 atom stereocenters. The van der Waals surface area contributed by atoms with E-state index in [-0.39, 0.29) is 17.6 Å². The molecule has 0 bridgehead atoms. The molecule has 0 saturated heterocycles. The molecule has 29 heavy (non-hydrogen) atoms. The highest BCUT2D eigenvalue weighted by atomic mass is 19.1. The Morgan fingerprint density at radius 3 is 2.52 bits per heavy atom. The minimum Gasteiger partial charge on any atom is -0.322 e. The Bertz CT molecular complexity index is 1080. The molecule has 3 aromatic carbocycles. The first-order valence-corrected chi connectivity index (χ1v) is 9.59. The Morgan fingerprint density at radius 1 is 0.966 bits per heavy atom. The number of aryl methyl sites for hydroxylation is 2. The van der Waals surface area contributed by atoms with Crippen LogP contribution in [-0.4, -0.2) is 18.4 Å². The van der Waals surface area contributed by atoms with Crippen LogP contribution in [0.4, 0.5) is 15.8 Å². The predicted octanol–water partition coefficient (Wildman–Crippen LogP) is 4.98. The summed E-state index contributed by atoms with van der Waals surface area (Å²) in [4.78, 5) is 27.4. The van der Waals surface area contributed by atoms with E-state index in [1.54, 1.807) is 11.0 Å². The Morgan fingerprint density at radius 2 is 1.76 bits per heavy atom. The Hall–Kier alpha value is -3.47. The lowest BCUT2D eigenvalue weighted by Crippen LogP contribution is -2.35. The molecule has 0 aromatic heterocycles. The number of carbonyl (C=O) groups excluding carboxylic acids is 2. The third kappa shape index (κ3) is 4.04. The number of hydrogen-bond acceptors (Lipinski definition) is 2. The van der Waals surface area contributed by atoms with Crippen LogP contribution in [0.3, 0.4) is 0 Å². The fourth-order valence-electron chi connectivity index (χ4n) is 3.62. The Balaban J connectivity index is 1.57. The van der Waals surface area contributed by atoms with Gasteiger partial charge in [-0.3, -0.25) is 9.59 Å². The van der Waals surface area contributed by atoms with Gasteiger partial charge in [-0.05, 0) is 79.9 Å². The fourth-order valence-corrected chi connectivity index (χ4v) is 3.62. The zero-order valence-electron chi connectivity index (χ0n) is 16.1. The molecular weight excluding hydrogens is 367 g/mol. The second-order valence-corrected chi connectivity index (χ2v) is 7.23. The number of halogens is 1. The van der Waals surface area contributed by atoms with Crippen LogP contribution in [0.5, 0.6) is 0 Å². The number of benzene rings is 3. The fraction of sp³-hybridized carbons (Fsp3) is 0.167. The number of nitrogens with one attached hydrogen (secondary N) is 1. The molecule has 0 radical (unpaired) electrons. The van der Waals surface area contributed by atoms with Crippen molar-refractivity contribution in [3.63, 3.8) is 0 Å². The van der Waals surface area contributed by atoms with E-state index in [2.05, 4.69) is 5.32 Å². The molecule has 1 N–H and O–H groups in total. The van der Waals surface area contributed by atoms with Crippen LogP contribution in [0.1, 0.15) is 38.3 Å². The van der Waals surface area contributed by atoms with Crippen LogP contribution in [-0.2, 0) is 6.42 Å². The molecule has 0 spiro atoms. The minimum absolute atomic E-state index is 0.0295. The topological polar surface area (TPSA) is 49.4 Å². The molecule has 146 valence electrons. The zero-order chi connectivity index (χ0) is 20.4. The maximum Gasteiger partial charge on any atom is 0.258 e. The van der Waals surface area contributed by atoms with Gasteiger partial charge in [0.25, 0.3) is 11.8 Å². The van der Waals surface area contributed by atoms with Crippen molar-refractivity contribution in [1.29, 1.82) is 0 Å². The summed E-state index contributed by atoms with van der Waals surface area (Å²) in [7, 11) is 0. The SMILES string of the molecule is Cc1cccc(C(=O)N2CCCc3cc(C(=O)Nc4ccc(F)cc4)ccc32)c1. The lowest BCUT2D eigenvalue weighted by Gasteiger charge is -2.30. The van der Waals surface area contributed by atoms with E-state index < -0.39 is 0 Å². The van der Waals surface area contributed by atoms with Gasteiger partial charge in [-0.2, -0.15) is 0 Å². The third-order valence-corrected chi connectivity index (χ3v) is 5.07. The summed E-state index contributed by atoms with van der Waals surface area (Å²) in [5.41, 5.74) is 4.57. The maximum absolute atomic E-state index is 13.0. The van der Waals surface area contributed by atoms with E-state index in [0.29, 0.717) is 23.4 Å². The van der Waals surface area contributed by atoms with Crippen LogP contribution < -0.4 is 10.2 Å². The van der Waals surface area contributed by atoms with Gasteiger partial charge in [-0.15, -0.1) is 0 Å². The highest BCUT2D eigenvalue weighted by molar-refractivity contribution is 6.08. The normalized spacial score (nSPS) is 13.0. The lowest BCUT2D eigenvalue weighted by molar-refractivity contribution is 0.0984. The van der Waals surface area contributed by atoms with E-state index in [0.717, 1.165) is 29.7 Å². The average Bonchev–Trinajstić information content (AvgIpc) is 2.74. The van der Waals surface area contributed by atoms with Gasteiger partial charge >= 0.3 is 0 Å². The van der Waals surface area contributed by atoms with Crippen LogP contribution in [0.25, 0.3) is 0 Å². The van der Waals surface area contributed by atoms with Gasteiger partial charge in [0.05, 0.1) is 0 Å². The summed E-state index contributed by atoms with van der Waals surface area (Å²) < 4.78 is 13.0. The van der Waals surface area contributed by atoms with Gasteiger partial charge in [-0.1, -0.05) is 17.7 Å². The first-order chi connectivity index (χ1) is 14.0. The highest BCUT2D eigenvalue weighted by Crippen LogP contribution is 2.30. The number of rotatable bonds is 3. The van der Waals surface area contributed by atoms with Crippen LogP contribution in [0.15, 0.2) is 66.7 Å². The van der Waals surface area contributed by atoms with Crippen molar-refractivity contribution in [3.05, 3.63) is 94.8 Å². The lowest BCUT2D eigenvalue weighted by atomic mass is 9.98. The summed E-state index contributed by atoms with van der Waals surface area (Å²) >= 11 is 0. The summed E-state index contributed by atoms with van der Waals surface area (Å²) in [5.74, 6) is -0.644. The molecule has 0 fully saturated rings. The number of hydrogen-bond donors (Lipinski definition) is 1. The van der Waals surface area contributed by atoms with Crippen molar-refractivity contribution in [2.24, 2.45) is 0 Å². The van der Waals surface area contributed by atoms with Crippen molar-refractivity contribution in [1.82, 2.24) is 0 Å². The van der Waals surface area contributed by atoms with Gasteiger partial charge in [0, 0.05) is 29.0 Å². The summed E-state index contributed by atoms with van der Waals surface area (Å²) in [6.07, 6.45) is 1.65. The molecule has 0 unspecified atom stereocenters. The van der Waals surface area contributed by atoms with Crippen molar-refractivity contribution >= 4 is 23.2 Å². The van der Waals surface area contributed by atoms with E-state index in [9.17, 15) is 14.0 Å². The quantitative estimate of drug-likeness (QED) is 0.688. The molecule has 0 saturated carbocycles. The predicted molar refractivity (Wildman–Crippen MR) is 112 cm³/mol. The standard InChI is InChI=1S/C24H21FN2O2/c1-16-4-2-5-19(14-16)24(29)27-13-3-6-17-15-18(7-12-22(17)27)23(28)26-21-10-8-20(25)9-11-21/h2,4-5,7-12,14-15H,3,6,13H2,1H3,(H,26,28). The highest BCUT2D eigenvalue weighted by Gasteiger charge is 2.24. The molecule has 1 heterocycles. The largest absolute Gasteiger partial charge is 0.322 e. The van der Waals surface area contributed by atoms with Crippen LogP contribution in [0, 0.1) is 12.7 Å². The number of fused-ring (bicyclic) bond motifs is 1. The van der Waals surface area contributed by atoms with Gasteiger partial charge in [-0.25, -0.2) is 4.39 Å². The van der Waals surface area contributed by atoms with Gasteiger partial charge < -0.3 is 10.2 Å². The number of anilines is 2. The Labute approximate surface area is 169 Å². The number of amides is 2. The second-order valence-electron chi connectivity index (χ2n) is 7.23. The summed E-state index contributed by atoms with van der Waals surface area (Å²) in [6, 6.07) is 18.6. The monoisotopic (exact) mass is 388 g/mol. The summed E-state index contributed by atoms with van der Waals surface area (Å²) in [5, 5.41) is 2.77. The van der Waals surface area contributed by atoms with E-state index in [4.69, 9.17) is 0 Å². The summed E-state index contributed by atoms with van der Waals surface area (Å²) in [6.45, 7) is 2.62. The Kier molecular flexibility index (Phi) is 5.12. The molecule has 4 rings (SSSR count). The minimum atomic E-state index is -0.352. The molecule has 1 aliphatic heterocycles. The molecule has 3 aromatic rings. The van der Waals surface area contributed by atoms with Crippen molar-refractivity contribution in [2.45, 2.75) is 19.8 Å². The number of nitrogens with zero attached hydrogens (tertiary/aromatic N) is 1. The first kappa shape index (κ1) is 18.9. The number of carbonyl (C=O) groups is 2. The first-order valence-electron chi connectivity index (χ1n) is 9.59. The van der Waals surface area contributed by atoms with E-state index in [1.165, 1.54) is 24.3 Å². The smallest absolute Gasteiger partial charge is 0.258 e. The molecule has 5 heteroatoms. The molecule has 1 aliphatic rings. The van der Waals surface area contributed by atoms with E-state index >= 15 is 0 Å². The molecule has 2 amide bonds. The van der Waals surface area contributed by atoms with Crippen molar-refractivity contribution in [2.75, 3.05) is 16.8 Å². The second kappa shape index (κ2) is 7.87. The van der Waals surface area contributed by atoms with Crippen molar-refractivity contribution < 1.29 is 14.0 Å². The van der Waals surface area contributed by atoms with Crippen LogP contribution in [0.2, 0.25) is 0 Å². The van der Waals surface area contributed by atoms with Gasteiger partial charge in [0.2, 0.25) is 0 Å². The van der Waals surface area contributed by atoms with Gasteiger partial charge in [0.1, 0.15) is 5.82 Å². The van der Waals surface area contributed by atoms with Gasteiger partial charge in [0.15, 0.2) is 0 Å².